The number of nitrogens with two attached hydrogens (primary N) is 1. The predicted molar refractivity (Wildman–Crippen MR) is 119 cm³/mol. The summed E-state index contributed by atoms with van der Waals surface area (Å²) in [6.45, 7) is 7.55. The van der Waals surface area contributed by atoms with Gasteiger partial charge in [-0.3, -0.25) is 0 Å². The minimum atomic E-state index is -0.0784. The van der Waals surface area contributed by atoms with E-state index in [4.69, 9.17) is 5.73 Å². The minimum Gasteiger partial charge on any atom is -0.370 e. The molecule has 3 N–H and O–H groups in total. The van der Waals surface area contributed by atoms with Crippen molar-refractivity contribution in [3.8, 4) is 0 Å². The Balaban J connectivity index is 0.00000243. The van der Waals surface area contributed by atoms with Crippen LogP contribution in [0, 0.1) is 0 Å². The molecule has 0 saturated heterocycles. The molecule has 0 atom stereocenters. The van der Waals surface area contributed by atoms with Crippen LogP contribution in [0.4, 0.5) is 0 Å². The summed E-state index contributed by atoms with van der Waals surface area (Å²) in [5.41, 5.74) is 10.4. The molecule has 3 aromatic rings. The Bertz CT molecular complexity index is 875. The van der Waals surface area contributed by atoms with Gasteiger partial charge in [0.25, 0.3) is 0 Å². The van der Waals surface area contributed by atoms with Crippen LogP contribution in [0.5, 0.6) is 0 Å². The van der Waals surface area contributed by atoms with Crippen LogP contribution < -0.4 is 11.1 Å². The molecule has 0 aliphatic rings. The number of guanidine groups is 1. The number of para-hydroxylation sites is 2. The van der Waals surface area contributed by atoms with Gasteiger partial charge in [-0.25, -0.2) is 9.98 Å². The first-order chi connectivity index (χ1) is 11.9. The molecule has 0 aliphatic carbocycles. The second-order valence-corrected chi connectivity index (χ2v) is 7.25. The lowest BCUT2D eigenvalue weighted by Crippen LogP contribution is -2.44. The van der Waals surface area contributed by atoms with Crippen LogP contribution in [0.25, 0.3) is 11.0 Å². The minimum absolute atomic E-state index is 0. The van der Waals surface area contributed by atoms with Gasteiger partial charge in [0, 0.05) is 12.1 Å². The summed E-state index contributed by atoms with van der Waals surface area (Å²) in [6.07, 6.45) is 1.89. The number of aromatic nitrogens is 2. The average Bonchev–Trinajstić information content (AvgIpc) is 2.96. The van der Waals surface area contributed by atoms with Crippen LogP contribution in [0.3, 0.4) is 0 Å². The van der Waals surface area contributed by atoms with Crippen molar-refractivity contribution in [1.29, 1.82) is 0 Å². The summed E-state index contributed by atoms with van der Waals surface area (Å²) in [5, 5.41) is 3.16. The molecule has 2 aromatic carbocycles. The monoisotopic (exact) mass is 463 g/mol. The molecule has 0 unspecified atom stereocenters. The van der Waals surface area contributed by atoms with Crippen LogP contribution in [0.15, 0.2) is 59.9 Å². The lowest BCUT2D eigenvalue weighted by molar-refractivity contribution is 0.508. The smallest absolute Gasteiger partial charge is 0.189 e. The molecule has 6 heteroatoms. The maximum absolute atomic E-state index is 5.91. The second kappa shape index (κ2) is 8.53. The zero-order chi connectivity index (χ0) is 17.9. The summed E-state index contributed by atoms with van der Waals surface area (Å²) in [7, 11) is 0. The second-order valence-electron chi connectivity index (χ2n) is 7.25. The highest BCUT2D eigenvalue weighted by Gasteiger charge is 2.09. The molecular weight excluding hydrogens is 437 g/mol. The van der Waals surface area contributed by atoms with E-state index in [1.165, 1.54) is 5.56 Å². The lowest BCUT2D eigenvalue weighted by Gasteiger charge is -2.21. The maximum atomic E-state index is 5.91. The molecule has 26 heavy (non-hydrogen) atoms. The van der Waals surface area contributed by atoms with E-state index in [1.54, 1.807) is 0 Å². The van der Waals surface area contributed by atoms with E-state index in [2.05, 4.69) is 71.0 Å². The molecule has 138 valence electrons. The Labute approximate surface area is 171 Å². The van der Waals surface area contributed by atoms with Gasteiger partial charge < -0.3 is 15.6 Å². The first-order valence-corrected chi connectivity index (χ1v) is 8.46. The zero-order valence-corrected chi connectivity index (χ0v) is 17.8. The lowest BCUT2D eigenvalue weighted by atomic mass is 10.1. The van der Waals surface area contributed by atoms with Gasteiger partial charge in [0.15, 0.2) is 5.96 Å². The summed E-state index contributed by atoms with van der Waals surface area (Å²) in [5.74, 6) is 0.474. The molecule has 0 saturated carbocycles. The maximum Gasteiger partial charge on any atom is 0.189 e. The van der Waals surface area contributed by atoms with Crippen molar-refractivity contribution >= 4 is 41.0 Å². The van der Waals surface area contributed by atoms with Crippen molar-refractivity contribution in [2.24, 2.45) is 10.7 Å². The van der Waals surface area contributed by atoms with E-state index in [-0.39, 0.29) is 29.5 Å². The number of hydrogen-bond donors (Lipinski definition) is 2. The molecule has 0 radical (unpaired) electrons. The highest BCUT2D eigenvalue weighted by molar-refractivity contribution is 14.0. The molecule has 5 nitrogen and oxygen atoms in total. The Morgan fingerprint density at radius 2 is 1.73 bits per heavy atom. The fourth-order valence-corrected chi connectivity index (χ4v) is 2.68. The van der Waals surface area contributed by atoms with Crippen molar-refractivity contribution in [1.82, 2.24) is 14.9 Å². The molecule has 1 aromatic heterocycles. The van der Waals surface area contributed by atoms with Gasteiger partial charge in [-0.1, -0.05) is 36.4 Å². The number of hydrogen-bond acceptors (Lipinski definition) is 2. The van der Waals surface area contributed by atoms with Crippen molar-refractivity contribution in [3.63, 3.8) is 0 Å². The van der Waals surface area contributed by atoms with Crippen molar-refractivity contribution < 1.29 is 0 Å². The van der Waals surface area contributed by atoms with E-state index in [9.17, 15) is 0 Å². The van der Waals surface area contributed by atoms with E-state index in [1.807, 2.05) is 24.5 Å². The van der Waals surface area contributed by atoms with Gasteiger partial charge in [-0.15, -0.1) is 24.0 Å². The van der Waals surface area contributed by atoms with E-state index in [0.717, 1.165) is 23.1 Å². The topological polar surface area (TPSA) is 68.2 Å². The fraction of sp³-hybridized carbons (Fsp3) is 0.300. The Kier molecular flexibility index (Phi) is 6.63. The third-order valence-corrected chi connectivity index (χ3v) is 3.84. The molecule has 0 fully saturated rings. The number of imidazole rings is 1. The van der Waals surface area contributed by atoms with Gasteiger partial charge in [-0.05, 0) is 44.0 Å². The first-order valence-electron chi connectivity index (χ1n) is 8.46. The quantitative estimate of drug-likeness (QED) is 0.350. The predicted octanol–water partition coefficient (Wildman–Crippen LogP) is 3.91. The van der Waals surface area contributed by atoms with Gasteiger partial charge >= 0.3 is 0 Å². The Morgan fingerprint density at radius 1 is 1.08 bits per heavy atom. The number of rotatable bonds is 4. The molecular formula is C20H26IN5. The normalized spacial score (nSPS) is 12.0. The highest BCUT2D eigenvalue weighted by atomic mass is 127. The third kappa shape index (κ3) is 5.45. The van der Waals surface area contributed by atoms with Gasteiger partial charge in [-0.2, -0.15) is 0 Å². The molecule has 0 amide bonds. The van der Waals surface area contributed by atoms with Gasteiger partial charge in [0.2, 0.25) is 0 Å². The van der Waals surface area contributed by atoms with Crippen LogP contribution >= 0.6 is 24.0 Å². The molecule has 0 aliphatic heterocycles. The SMILES string of the molecule is CC(C)(C)NC(N)=NCc1ccc(Cn2cnc3ccccc32)cc1.I. The number of benzene rings is 2. The zero-order valence-electron chi connectivity index (χ0n) is 15.4. The third-order valence-electron chi connectivity index (χ3n) is 3.84. The first kappa shape index (κ1) is 20.2. The number of nitrogens with one attached hydrogen (secondary N) is 1. The van der Waals surface area contributed by atoms with Crippen LogP contribution in [-0.4, -0.2) is 21.0 Å². The summed E-state index contributed by atoms with van der Waals surface area (Å²) >= 11 is 0. The number of halogens is 1. The number of nitrogens with zero attached hydrogens (tertiary/aromatic N) is 3. The average molecular weight is 463 g/mol. The highest BCUT2D eigenvalue weighted by Crippen LogP contribution is 2.14. The van der Waals surface area contributed by atoms with Crippen molar-refractivity contribution in [3.05, 3.63) is 66.0 Å². The number of fused-ring (bicyclic) bond motifs is 1. The number of aliphatic imine (C=N–C) groups is 1. The largest absolute Gasteiger partial charge is 0.370 e. The van der Waals surface area contributed by atoms with E-state index < -0.39 is 0 Å². The van der Waals surface area contributed by atoms with E-state index >= 15 is 0 Å². The molecule has 0 bridgehead atoms. The molecule has 0 spiro atoms. The fourth-order valence-electron chi connectivity index (χ4n) is 2.68. The van der Waals surface area contributed by atoms with Gasteiger partial charge in [0.05, 0.1) is 23.9 Å². The summed E-state index contributed by atoms with van der Waals surface area (Å²) < 4.78 is 2.16. The van der Waals surface area contributed by atoms with Crippen molar-refractivity contribution in [2.45, 2.75) is 39.4 Å². The van der Waals surface area contributed by atoms with Crippen LogP contribution in [0.2, 0.25) is 0 Å². The van der Waals surface area contributed by atoms with Crippen molar-refractivity contribution in [2.75, 3.05) is 0 Å². The Hall–Kier alpha value is -2.09. The molecule has 3 rings (SSSR count). The van der Waals surface area contributed by atoms with E-state index in [0.29, 0.717) is 12.5 Å². The Morgan fingerprint density at radius 3 is 2.42 bits per heavy atom. The molecule has 1 heterocycles. The van der Waals surface area contributed by atoms with Gasteiger partial charge in [0.1, 0.15) is 0 Å². The summed E-state index contributed by atoms with van der Waals surface area (Å²) in [6, 6.07) is 16.6. The summed E-state index contributed by atoms with van der Waals surface area (Å²) in [4.78, 5) is 8.83. The van der Waals surface area contributed by atoms with Crippen LogP contribution in [-0.2, 0) is 13.1 Å². The standard InChI is InChI=1S/C20H25N5.HI/c1-20(2,3)24-19(21)22-12-15-8-10-16(11-9-15)13-25-14-23-17-6-4-5-7-18(17)25;/h4-11,14H,12-13H2,1-3H3,(H3,21,22,24);1H. The van der Waals surface area contributed by atoms with Crippen LogP contribution in [0.1, 0.15) is 31.9 Å².